The Bertz CT molecular complexity index is 1370. The van der Waals surface area contributed by atoms with E-state index < -0.39 is 17.6 Å². The summed E-state index contributed by atoms with van der Waals surface area (Å²) in [5.74, 6) is -1.55. The molecule has 0 spiro atoms. The van der Waals surface area contributed by atoms with E-state index in [0.29, 0.717) is 16.6 Å². The second kappa shape index (κ2) is 7.86. The van der Waals surface area contributed by atoms with E-state index in [1.807, 2.05) is 0 Å². The maximum absolute atomic E-state index is 14.8. The highest BCUT2D eigenvalue weighted by atomic mass is 19.1. The Kier molecular flexibility index (Phi) is 5.07. The predicted octanol–water partition coefficient (Wildman–Crippen LogP) is 1.17. The van der Waals surface area contributed by atoms with Crippen LogP contribution in [0.1, 0.15) is 10.5 Å². The second-order valence-electron chi connectivity index (χ2n) is 6.88. The molecule has 158 valence electrons. The Morgan fingerprint density at radius 1 is 1.19 bits per heavy atom. The number of carbonyl (C=O) groups excluding carboxylic acids is 2. The van der Waals surface area contributed by atoms with E-state index in [-0.39, 0.29) is 28.9 Å². The van der Waals surface area contributed by atoms with Crippen molar-refractivity contribution >= 4 is 28.4 Å². The molecule has 3 heterocycles. The molecule has 0 saturated carbocycles. The number of amides is 2. The van der Waals surface area contributed by atoms with Gasteiger partial charge in [-0.1, -0.05) is 0 Å². The van der Waals surface area contributed by atoms with Crippen LogP contribution in [0.2, 0.25) is 0 Å². The molecule has 0 atom stereocenters. The number of H-pyrrole nitrogens is 1. The number of aromatic amines is 1. The summed E-state index contributed by atoms with van der Waals surface area (Å²) in [6, 6.07) is 5.74. The highest BCUT2D eigenvalue weighted by molar-refractivity contribution is 5.99. The topological polar surface area (TPSA) is 127 Å². The van der Waals surface area contributed by atoms with Gasteiger partial charge in [0.15, 0.2) is 0 Å². The molecule has 0 aliphatic heterocycles. The van der Waals surface area contributed by atoms with Crippen LogP contribution in [0.4, 0.5) is 10.1 Å². The van der Waals surface area contributed by atoms with Gasteiger partial charge in [-0.15, -0.1) is 0 Å². The van der Waals surface area contributed by atoms with Crippen LogP contribution in [-0.4, -0.2) is 42.9 Å². The quantitative estimate of drug-likeness (QED) is 0.444. The number of anilines is 1. The second-order valence-corrected chi connectivity index (χ2v) is 6.88. The smallest absolute Gasteiger partial charge is 0.276 e. The van der Waals surface area contributed by atoms with Crippen LogP contribution in [0, 0.1) is 5.82 Å². The first kappa shape index (κ1) is 20.0. The molecule has 0 bridgehead atoms. The fourth-order valence-electron chi connectivity index (χ4n) is 3.23. The molecule has 2 amide bonds. The highest BCUT2D eigenvalue weighted by Crippen LogP contribution is 2.29. The Labute approximate surface area is 174 Å². The molecule has 3 N–H and O–H groups in total. The third-order valence-electron chi connectivity index (χ3n) is 4.79. The van der Waals surface area contributed by atoms with E-state index in [1.54, 1.807) is 14.1 Å². The summed E-state index contributed by atoms with van der Waals surface area (Å²) in [7, 11) is 3.18. The number of fused-ring (bicyclic) bond motifs is 1. The van der Waals surface area contributed by atoms with Crippen molar-refractivity contribution in [1.29, 1.82) is 0 Å². The minimum atomic E-state index is -0.585. The monoisotopic (exact) mass is 423 g/mol. The number of carbonyl (C=O) groups is 2. The zero-order valence-electron chi connectivity index (χ0n) is 16.6. The predicted molar refractivity (Wildman–Crippen MR) is 111 cm³/mol. The van der Waals surface area contributed by atoms with Crippen molar-refractivity contribution < 1.29 is 14.0 Å². The van der Waals surface area contributed by atoms with Crippen LogP contribution in [0.3, 0.4) is 0 Å². The molecule has 0 aliphatic carbocycles. The number of nitrogens with one attached hydrogen (secondary N) is 3. The maximum atomic E-state index is 14.8. The van der Waals surface area contributed by atoms with Crippen LogP contribution < -0.4 is 16.2 Å². The van der Waals surface area contributed by atoms with E-state index in [9.17, 15) is 18.8 Å². The van der Waals surface area contributed by atoms with Gasteiger partial charge in [-0.2, -0.15) is 10.2 Å². The summed E-state index contributed by atoms with van der Waals surface area (Å²) in [5.41, 5.74) is 1.30. The molecule has 11 heteroatoms. The first-order valence-electron chi connectivity index (χ1n) is 9.24. The van der Waals surface area contributed by atoms with Gasteiger partial charge in [-0.3, -0.25) is 24.2 Å². The van der Waals surface area contributed by atoms with Gasteiger partial charge < -0.3 is 15.2 Å². The number of halogens is 1. The number of hydrogen-bond acceptors (Lipinski definition) is 5. The number of nitrogens with zero attached hydrogens (tertiary/aromatic N) is 4. The lowest BCUT2D eigenvalue weighted by Gasteiger charge is -2.11. The van der Waals surface area contributed by atoms with Gasteiger partial charge in [0.05, 0.1) is 12.7 Å². The molecule has 4 aromatic rings. The molecule has 4 rings (SSSR count). The Morgan fingerprint density at radius 2 is 2.00 bits per heavy atom. The molecule has 31 heavy (non-hydrogen) atoms. The molecule has 0 fully saturated rings. The molecule has 0 aliphatic rings. The van der Waals surface area contributed by atoms with Gasteiger partial charge in [-0.25, -0.2) is 4.39 Å². The average molecular weight is 423 g/mol. The van der Waals surface area contributed by atoms with E-state index in [0.717, 1.165) is 0 Å². The van der Waals surface area contributed by atoms with Crippen molar-refractivity contribution in [3.05, 3.63) is 64.7 Å². The number of pyridine rings is 1. The zero-order valence-corrected chi connectivity index (χ0v) is 16.6. The molecule has 3 aromatic heterocycles. The lowest BCUT2D eigenvalue weighted by molar-refractivity contribution is -0.115. The zero-order chi connectivity index (χ0) is 22.1. The Morgan fingerprint density at radius 3 is 2.71 bits per heavy atom. The standard InChI is InChI=1S/C20H18FN7O3/c1-27-10-14(13-8-23-26-18(13)20(27)31)12-4-3-11(7-15(12)21)25-17(29)9-22-19(30)16-5-6-24-28(16)2/h3-8,10H,9H2,1-2H3,(H,22,30)(H,23,26)(H,25,29). The Hall–Kier alpha value is -4.28. The van der Waals surface area contributed by atoms with Gasteiger partial charge in [-0.05, 0) is 24.3 Å². The summed E-state index contributed by atoms with van der Waals surface area (Å²) >= 11 is 0. The van der Waals surface area contributed by atoms with Gasteiger partial charge in [0.2, 0.25) is 5.91 Å². The Balaban J connectivity index is 1.50. The number of rotatable bonds is 5. The fourth-order valence-corrected chi connectivity index (χ4v) is 3.23. The van der Waals surface area contributed by atoms with Crippen LogP contribution in [0.15, 0.2) is 47.7 Å². The third-order valence-corrected chi connectivity index (χ3v) is 4.79. The van der Waals surface area contributed by atoms with Crippen LogP contribution in [-0.2, 0) is 18.9 Å². The fraction of sp³-hybridized carbons (Fsp3) is 0.150. The number of aromatic nitrogens is 5. The number of benzene rings is 1. The number of hydrogen-bond donors (Lipinski definition) is 3. The normalized spacial score (nSPS) is 10.9. The van der Waals surface area contributed by atoms with Crippen molar-refractivity contribution in [2.45, 2.75) is 0 Å². The number of aryl methyl sites for hydroxylation is 2. The molecular formula is C20H18FN7O3. The first-order chi connectivity index (χ1) is 14.8. The van der Waals surface area contributed by atoms with Crippen molar-refractivity contribution in [3.8, 4) is 11.1 Å². The minimum absolute atomic E-state index is 0.231. The molecule has 0 unspecified atom stereocenters. The molecule has 10 nitrogen and oxygen atoms in total. The largest absolute Gasteiger partial charge is 0.342 e. The first-order valence-corrected chi connectivity index (χ1v) is 9.24. The van der Waals surface area contributed by atoms with E-state index in [4.69, 9.17) is 0 Å². The molecule has 0 radical (unpaired) electrons. The lowest BCUT2D eigenvalue weighted by Crippen LogP contribution is -2.33. The van der Waals surface area contributed by atoms with E-state index in [1.165, 1.54) is 52.1 Å². The van der Waals surface area contributed by atoms with E-state index >= 15 is 0 Å². The van der Waals surface area contributed by atoms with Crippen LogP contribution in [0.25, 0.3) is 22.0 Å². The third kappa shape index (κ3) is 3.80. The van der Waals surface area contributed by atoms with Crippen molar-refractivity contribution in [2.75, 3.05) is 11.9 Å². The van der Waals surface area contributed by atoms with Crippen LogP contribution >= 0.6 is 0 Å². The highest BCUT2D eigenvalue weighted by Gasteiger charge is 2.16. The van der Waals surface area contributed by atoms with Crippen molar-refractivity contribution in [1.82, 2.24) is 29.9 Å². The van der Waals surface area contributed by atoms with Gasteiger partial charge in [0.1, 0.15) is 17.0 Å². The van der Waals surface area contributed by atoms with Gasteiger partial charge >= 0.3 is 0 Å². The van der Waals surface area contributed by atoms with E-state index in [2.05, 4.69) is 25.9 Å². The SMILES string of the molecule is Cn1nccc1C(=O)NCC(=O)Nc1ccc(-c2cn(C)c(=O)c3[nH]ncc23)c(F)c1. The van der Waals surface area contributed by atoms with Crippen molar-refractivity contribution in [2.24, 2.45) is 14.1 Å². The van der Waals surface area contributed by atoms with Crippen molar-refractivity contribution in [3.63, 3.8) is 0 Å². The lowest BCUT2D eigenvalue weighted by atomic mass is 10.0. The summed E-state index contributed by atoms with van der Waals surface area (Å²) in [6.07, 6.45) is 4.47. The van der Waals surface area contributed by atoms with Gasteiger partial charge in [0, 0.05) is 48.7 Å². The maximum Gasteiger partial charge on any atom is 0.276 e. The minimum Gasteiger partial charge on any atom is -0.342 e. The van der Waals surface area contributed by atoms with Crippen LogP contribution in [0.5, 0.6) is 0 Å². The average Bonchev–Trinajstić information content (AvgIpc) is 3.39. The molecular weight excluding hydrogens is 405 g/mol. The molecule has 1 aromatic carbocycles. The summed E-state index contributed by atoms with van der Waals surface area (Å²) in [5, 5.41) is 15.9. The summed E-state index contributed by atoms with van der Waals surface area (Å²) in [4.78, 5) is 36.3. The van der Waals surface area contributed by atoms with Gasteiger partial charge in [0.25, 0.3) is 11.5 Å². The molecule has 0 saturated heterocycles. The summed E-state index contributed by atoms with van der Waals surface area (Å²) < 4.78 is 17.6. The summed E-state index contributed by atoms with van der Waals surface area (Å²) in [6.45, 7) is -0.288.